The number of carbonyl (C=O) groups is 1. The lowest BCUT2D eigenvalue weighted by atomic mass is 9.92. The molecule has 53 heavy (non-hydrogen) atoms. The van der Waals surface area contributed by atoms with Crippen molar-refractivity contribution in [1.29, 1.82) is 0 Å². The highest BCUT2D eigenvalue weighted by molar-refractivity contribution is 6.13. The molecule has 272 valence electrons. The number of anilines is 1. The summed E-state index contributed by atoms with van der Waals surface area (Å²) < 4.78 is 0. The Kier molecular flexibility index (Phi) is 15.0. The number of hydrogen-bond donors (Lipinski definition) is 1. The van der Waals surface area contributed by atoms with Crippen LogP contribution in [0.4, 0.5) is 11.4 Å². The minimum atomic E-state index is -0.0359. The fraction of sp³-hybridized carbons (Fsp3) is 0.250. The lowest BCUT2D eigenvalue weighted by Crippen LogP contribution is -2.06. The zero-order chi connectivity index (χ0) is 38.3. The van der Waals surface area contributed by atoms with Gasteiger partial charge >= 0.3 is 0 Å². The van der Waals surface area contributed by atoms with Gasteiger partial charge in [0.25, 0.3) is 0 Å². The number of ketones is 1. The van der Waals surface area contributed by atoms with E-state index >= 15 is 0 Å². The minimum Gasteiger partial charge on any atom is -0.398 e. The van der Waals surface area contributed by atoms with E-state index in [-0.39, 0.29) is 5.78 Å². The van der Waals surface area contributed by atoms with E-state index < -0.39 is 0 Å². The van der Waals surface area contributed by atoms with Crippen LogP contribution < -0.4 is 5.73 Å². The SMILES string of the molecule is CC(C)c1cccc(C(C)C)c1N.CC(C)c1cccc(C(C)C)c1N=C(c1ccccc1)c1ccccn1.O=C(c1ccccc1)c1ccccn1. The molecule has 5 nitrogen and oxygen atoms in total. The zero-order valence-corrected chi connectivity index (χ0v) is 32.5. The van der Waals surface area contributed by atoms with Crippen LogP contribution in [-0.4, -0.2) is 21.5 Å². The average molecular weight is 703 g/mol. The molecular formula is C48H54N4O. The Hall–Kier alpha value is -5.68. The molecule has 2 aromatic heterocycles. The zero-order valence-electron chi connectivity index (χ0n) is 32.5. The first-order valence-corrected chi connectivity index (χ1v) is 18.6. The van der Waals surface area contributed by atoms with E-state index in [1.54, 1.807) is 30.5 Å². The molecule has 0 radical (unpaired) electrons. The van der Waals surface area contributed by atoms with Gasteiger partial charge in [-0.3, -0.25) is 14.8 Å². The standard InChI is InChI=1S/C24H26N2.C12H9NO.C12H19N/c1-17(2)20-13-10-14-21(18(3)4)24(20)26-23(19-11-6-5-7-12-19)22-15-8-9-16-25-22;14-12(10-6-2-1-3-7-10)11-8-4-5-9-13-11;1-8(2)10-6-5-7-11(9(3)4)12(10)13/h5-18H,1-4H3;1-9H;5-9H,13H2,1-4H3. The van der Waals surface area contributed by atoms with Gasteiger partial charge in [-0.15, -0.1) is 0 Å². The summed E-state index contributed by atoms with van der Waals surface area (Å²) in [6.07, 6.45) is 3.45. The van der Waals surface area contributed by atoms with E-state index in [1.807, 2.05) is 66.9 Å². The first kappa shape index (κ1) is 40.1. The maximum atomic E-state index is 11.8. The van der Waals surface area contributed by atoms with Crippen molar-refractivity contribution in [2.75, 3.05) is 5.73 Å². The van der Waals surface area contributed by atoms with Gasteiger partial charge in [0.2, 0.25) is 5.78 Å². The second kappa shape index (κ2) is 19.8. The molecule has 6 rings (SSSR count). The maximum Gasteiger partial charge on any atom is 0.211 e. The minimum absolute atomic E-state index is 0.0359. The first-order chi connectivity index (χ1) is 25.5. The molecule has 0 aliphatic heterocycles. The van der Waals surface area contributed by atoms with Crippen LogP contribution >= 0.6 is 0 Å². The van der Waals surface area contributed by atoms with E-state index in [0.717, 1.165) is 28.3 Å². The summed E-state index contributed by atoms with van der Waals surface area (Å²) in [5.41, 5.74) is 17.3. The predicted molar refractivity (Wildman–Crippen MR) is 224 cm³/mol. The molecule has 0 aliphatic carbocycles. The number of nitrogens with zero attached hydrogens (tertiary/aromatic N) is 3. The van der Waals surface area contributed by atoms with Crippen LogP contribution in [0.2, 0.25) is 0 Å². The Bertz CT molecular complexity index is 1900. The van der Waals surface area contributed by atoms with E-state index in [1.165, 1.54) is 22.3 Å². The summed E-state index contributed by atoms with van der Waals surface area (Å²) >= 11 is 0. The Balaban J connectivity index is 0.000000196. The third-order valence-electron chi connectivity index (χ3n) is 8.87. The molecule has 2 N–H and O–H groups in total. The van der Waals surface area contributed by atoms with E-state index in [2.05, 4.69) is 114 Å². The van der Waals surface area contributed by atoms with Crippen molar-refractivity contribution in [3.05, 3.63) is 191 Å². The van der Waals surface area contributed by atoms with Crippen LogP contribution in [0.15, 0.2) is 151 Å². The predicted octanol–water partition coefficient (Wildman–Crippen LogP) is 12.3. The van der Waals surface area contributed by atoms with Crippen LogP contribution in [0.25, 0.3) is 0 Å². The lowest BCUT2D eigenvalue weighted by Gasteiger charge is -2.18. The summed E-state index contributed by atoms with van der Waals surface area (Å²) in [7, 11) is 0. The molecule has 0 unspecified atom stereocenters. The van der Waals surface area contributed by atoms with Crippen molar-refractivity contribution in [2.24, 2.45) is 4.99 Å². The maximum absolute atomic E-state index is 11.8. The van der Waals surface area contributed by atoms with Crippen LogP contribution in [0.3, 0.4) is 0 Å². The van der Waals surface area contributed by atoms with Gasteiger partial charge in [-0.25, -0.2) is 4.99 Å². The monoisotopic (exact) mass is 702 g/mol. The number of hydrogen-bond acceptors (Lipinski definition) is 5. The molecular weight excluding hydrogens is 649 g/mol. The van der Waals surface area contributed by atoms with Crippen molar-refractivity contribution >= 4 is 22.9 Å². The largest absolute Gasteiger partial charge is 0.398 e. The molecule has 4 aromatic carbocycles. The van der Waals surface area contributed by atoms with Gasteiger partial charge in [0.1, 0.15) is 5.69 Å². The first-order valence-electron chi connectivity index (χ1n) is 18.6. The number of aromatic nitrogens is 2. The fourth-order valence-corrected chi connectivity index (χ4v) is 5.96. The number of benzene rings is 4. The van der Waals surface area contributed by atoms with Crippen LogP contribution in [0.1, 0.15) is 129 Å². The third kappa shape index (κ3) is 11.2. The summed E-state index contributed by atoms with van der Waals surface area (Å²) in [6.45, 7) is 17.6. The third-order valence-corrected chi connectivity index (χ3v) is 8.87. The van der Waals surface area contributed by atoms with Gasteiger partial charge in [-0.2, -0.15) is 0 Å². The molecule has 6 aromatic rings. The molecule has 0 saturated heterocycles. The van der Waals surface area contributed by atoms with Crippen LogP contribution in [-0.2, 0) is 0 Å². The van der Waals surface area contributed by atoms with E-state index in [0.29, 0.717) is 34.9 Å². The van der Waals surface area contributed by atoms with Gasteiger partial charge in [-0.05, 0) is 70.2 Å². The average Bonchev–Trinajstić information content (AvgIpc) is 3.18. The number of rotatable bonds is 9. The molecule has 0 amide bonds. The van der Waals surface area contributed by atoms with Crippen LogP contribution in [0, 0.1) is 0 Å². The summed E-state index contributed by atoms with van der Waals surface area (Å²) in [4.78, 5) is 25.6. The van der Waals surface area contributed by atoms with Crippen molar-refractivity contribution in [2.45, 2.75) is 79.1 Å². The van der Waals surface area contributed by atoms with E-state index in [4.69, 9.17) is 10.7 Å². The van der Waals surface area contributed by atoms with Crippen molar-refractivity contribution in [3.8, 4) is 0 Å². The number of carbonyl (C=O) groups excluding carboxylic acids is 1. The molecule has 2 heterocycles. The van der Waals surface area contributed by atoms with Crippen molar-refractivity contribution in [1.82, 2.24) is 9.97 Å². The molecule has 5 heteroatoms. The topological polar surface area (TPSA) is 81.2 Å². The summed E-state index contributed by atoms with van der Waals surface area (Å²) in [5.74, 6) is 1.81. The quantitative estimate of drug-likeness (QED) is 0.0924. The summed E-state index contributed by atoms with van der Waals surface area (Å²) in [5, 5.41) is 0. The number of aliphatic imine (C=N–C) groups is 1. The van der Waals surface area contributed by atoms with Gasteiger partial charge in [0, 0.05) is 29.2 Å². The Morgan fingerprint density at radius 2 is 0.868 bits per heavy atom. The highest BCUT2D eigenvalue weighted by Crippen LogP contribution is 2.36. The molecule has 0 spiro atoms. The normalized spacial score (nSPS) is 11.2. The van der Waals surface area contributed by atoms with Gasteiger partial charge in [-0.1, -0.05) is 165 Å². The van der Waals surface area contributed by atoms with Gasteiger partial charge in [0.15, 0.2) is 0 Å². The molecule has 0 saturated carbocycles. The second-order valence-corrected chi connectivity index (χ2v) is 14.2. The Labute approximate surface area is 317 Å². The van der Waals surface area contributed by atoms with Crippen molar-refractivity contribution < 1.29 is 4.79 Å². The molecule has 0 aliphatic rings. The number of nitrogens with two attached hydrogens (primary N) is 1. The Morgan fingerprint density at radius 3 is 1.28 bits per heavy atom. The highest BCUT2D eigenvalue weighted by atomic mass is 16.1. The van der Waals surface area contributed by atoms with E-state index in [9.17, 15) is 4.79 Å². The number of pyridine rings is 2. The lowest BCUT2D eigenvalue weighted by molar-refractivity contribution is 0.103. The van der Waals surface area contributed by atoms with Crippen molar-refractivity contribution in [3.63, 3.8) is 0 Å². The van der Waals surface area contributed by atoms with Crippen LogP contribution in [0.5, 0.6) is 0 Å². The smallest absolute Gasteiger partial charge is 0.211 e. The second-order valence-electron chi connectivity index (χ2n) is 14.2. The summed E-state index contributed by atoms with van der Waals surface area (Å²) in [6, 6.07) is 43.6. The number of nitrogen functional groups attached to an aromatic ring is 1. The number of para-hydroxylation sites is 2. The highest BCUT2D eigenvalue weighted by Gasteiger charge is 2.16. The molecule has 0 fully saturated rings. The fourth-order valence-electron chi connectivity index (χ4n) is 5.96. The Morgan fingerprint density at radius 1 is 0.472 bits per heavy atom. The molecule has 0 atom stereocenters. The van der Waals surface area contributed by atoms with Gasteiger partial charge < -0.3 is 5.73 Å². The molecule has 0 bridgehead atoms. The van der Waals surface area contributed by atoms with Gasteiger partial charge in [0.05, 0.1) is 17.1 Å².